The molecule has 0 aliphatic heterocycles. The molecule has 3 aromatic carbocycles. The molecule has 27 heavy (non-hydrogen) atoms. The number of carboxylic acid groups (broad SMARTS) is 1. The Balaban J connectivity index is 1.81. The van der Waals surface area contributed by atoms with Crippen molar-refractivity contribution in [3.8, 4) is 0 Å². The van der Waals surface area contributed by atoms with Gasteiger partial charge >= 0.3 is 5.97 Å². The average Bonchev–Trinajstić information content (AvgIpc) is 2.64. The van der Waals surface area contributed by atoms with Crippen molar-refractivity contribution in [1.82, 2.24) is 0 Å². The van der Waals surface area contributed by atoms with Crippen LogP contribution in [0.25, 0.3) is 0 Å². The Kier molecular flexibility index (Phi) is 4.15. The van der Waals surface area contributed by atoms with Crippen molar-refractivity contribution < 1.29 is 14.7 Å². The second-order valence-electron chi connectivity index (χ2n) is 7.30. The highest BCUT2D eigenvalue weighted by molar-refractivity contribution is 6.13. The quantitative estimate of drug-likeness (QED) is 0.577. The molecule has 0 saturated heterocycles. The first kappa shape index (κ1) is 17.2. The zero-order valence-electron chi connectivity index (χ0n) is 15.4. The van der Waals surface area contributed by atoms with E-state index in [9.17, 15) is 14.7 Å². The molecule has 0 unspecified atom stereocenters. The van der Waals surface area contributed by atoms with Gasteiger partial charge < -0.3 is 5.11 Å². The lowest BCUT2D eigenvalue weighted by molar-refractivity contribution is 0.0695. The molecule has 134 valence electrons. The smallest absolute Gasteiger partial charge is 0.335 e. The van der Waals surface area contributed by atoms with Gasteiger partial charge in [-0.2, -0.15) is 0 Å². The van der Waals surface area contributed by atoms with E-state index >= 15 is 0 Å². The second kappa shape index (κ2) is 6.51. The Hall–Kier alpha value is -3.20. The van der Waals surface area contributed by atoms with Gasteiger partial charge in [-0.05, 0) is 67.1 Å². The topological polar surface area (TPSA) is 54.4 Å². The van der Waals surface area contributed by atoms with E-state index in [2.05, 4.69) is 0 Å². The molecule has 0 amide bonds. The van der Waals surface area contributed by atoms with Gasteiger partial charge in [0.15, 0.2) is 5.78 Å². The SMILES string of the molecule is Cc1ccc(Cc2cc3c(cc2C(=O)O)Cc2ccc(C)cc2C3=O)cc1. The summed E-state index contributed by atoms with van der Waals surface area (Å²) >= 11 is 0. The fourth-order valence-corrected chi connectivity index (χ4v) is 3.72. The van der Waals surface area contributed by atoms with Crippen LogP contribution in [0, 0.1) is 13.8 Å². The molecule has 0 atom stereocenters. The Morgan fingerprint density at radius 3 is 2.26 bits per heavy atom. The number of benzene rings is 3. The first-order chi connectivity index (χ1) is 12.9. The minimum absolute atomic E-state index is 0.0166. The number of carboxylic acids is 1. The normalized spacial score (nSPS) is 12.4. The Labute approximate surface area is 158 Å². The summed E-state index contributed by atoms with van der Waals surface area (Å²) < 4.78 is 0. The second-order valence-corrected chi connectivity index (χ2v) is 7.30. The summed E-state index contributed by atoms with van der Waals surface area (Å²) in [7, 11) is 0. The van der Waals surface area contributed by atoms with Crippen LogP contribution >= 0.6 is 0 Å². The highest BCUT2D eigenvalue weighted by Gasteiger charge is 2.26. The number of hydrogen-bond donors (Lipinski definition) is 1. The van der Waals surface area contributed by atoms with Gasteiger partial charge in [-0.25, -0.2) is 4.79 Å². The van der Waals surface area contributed by atoms with Gasteiger partial charge in [0, 0.05) is 11.1 Å². The van der Waals surface area contributed by atoms with Gasteiger partial charge in [0.05, 0.1) is 5.56 Å². The summed E-state index contributed by atoms with van der Waals surface area (Å²) in [5.74, 6) is -0.973. The highest BCUT2D eigenvalue weighted by Crippen LogP contribution is 2.31. The zero-order chi connectivity index (χ0) is 19.1. The van der Waals surface area contributed by atoms with Gasteiger partial charge in [0.2, 0.25) is 0 Å². The van der Waals surface area contributed by atoms with Crippen molar-refractivity contribution in [1.29, 1.82) is 0 Å². The van der Waals surface area contributed by atoms with Crippen LogP contribution in [0.1, 0.15) is 59.7 Å². The van der Waals surface area contributed by atoms with Crippen molar-refractivity contribution in [2.45, 2.75) is 26.7 Å². The van der Waals surface area contributed by atoms with Crippen molar-refractivity contribution >= 4 is 11.8 Å². The number of fused-ring (bicyclic) bond motifs is 2. The largest absolute Gasteiger partial charge is 0.478 e. The van der Waals surface area contributed by atoms with E-state index in [1.54, 1.807) is 12.1 Å². The molecule has 0 spiro atoms. The molecule has 0 bridgehead atoms. The highest BCUT2D eigenvalue weighted by atomic mass is 16.4. The maximum Gasteiger partial charge on any atom is 0.335 e. The Bertz CT molecular complexity index is 1080. The van der Waals surface area contributed by atoms with Crippen molar-refractivity contribution in [2.24, 2.45) is 0 Å². The standard InChI is InChI=1S/C24H20O3/c1-14-3-6-16(7-4-14)10-18-12-21-19(13-22(18)24(26)27)11-17-8-5-15(2)9-20(17)23(21)25/h3-9,12-13H,10-11H2,1-2H3,(H,26,27). The van der Waals surface area contributed by atoms with Crippen LogP contribution in [0.5, 0.6) is 0 Å². The number of hydrogen-bond acceptors (Lipinski definition) is 2. The third kappa shape index (κ3) is 3.17. The summed E-state index contributed by atoms with van der Waals surface area (Å²) in [5, 5.41) is 9.70. The molecule has 0 heterocycles. The molecule has 3 aromatic rings. The monoisotopic (exact) mass is 356 g/mol. The van der Waals surface area contributed by atoms with Gasteiger partial charge in [0.1, 0.15) is 0 Å². The zero-order valence-corrected chi connectivity index (χ0v) is 15.4. The summed E-state index contributed by atoms with van der Waals surface area (Å²) in [6.45, 7) is 3.99. The van der Waals surface area contributed by atoms with Crippen LogP contribution in [-0.2, 0) is 12.8 Å². The van der Waals surface area contributed by atoms with Crippen LogP contribution < -0.4 is 0 Å². The van der Waals surface area contributed by atoms with Crippen LogP contribution in [0.15, 0.2) is 54.6 Å². The number of carbonyl (C=O) groups is 2. The van der Waals surface area contributed by atoms with Crippen molar-refractivity contribution in [3.63, 3.8) is 0 Å². The third-order valence-electron chi connectivity index (χ3n) is 5.21. The molecular formula is C24H20O3. The molecule has 1 aliphatic carbocycles. The van der Waals surface area contributed by atoms with Gasteiger partial charge in [0.25, 0.3) is 0 Å². The van der Waals surface area contributed by atoms with Crippen LogP contribution in [0.3, 0.4) is 0 Å². The first-order valence-corrected chi connectivity index (χ1v) is 9.01. The van der Waals surface area contributed by atoms with Gasteiger partial charge in [-0.1, -0.05) is 47.5 Å². The molecular weight excluding hydrogens is 336 g/mol. The van der Waals surface area contributed by atoms with Gasteiger partial charge in [-0.15, -0.1) is 0 Å². The van der Waals surface area contributed by atoms with E-state index in [0.29, 0.717) is 24.0 Å². The number of aryl methyl sites for hydroxylation is 2. The molecule has 1 N–H and O–H groups in total. The van der Waals surface area contributed by atoms with Crippen LogP contribution in [-0.4, -0.2) is 16.9 Å². The molecule has 4 rings (SSSR count). The van der Waals surface area contributed by atoms with Crippen molar-refractivity contribution in [2.75, 3.05) is 0 Å². The minimum Gasteiger partial charge on any atom is -0.478 e. The summed E-state index contributed by atoms with van der Waals surface area (Å²) in [6.07, 6.45) is 1.07. The molecule has 3 nitrogen and oxygen atoms in total. The average molecular weight is 356 g/mol. The number of rotatable bonds is 3. The lowest BCUT2D eigenvalue weighted by Crippen LogP contribution is -2.18. The number of ketones is 1. The fourth-order valence-electron chi connectivity index (χ4n) is 3.72. The van der Waals surface area contributed by atoms with E-state index < -0.39 is 5.97 Å². The van der Waals surface area contributed by atoms with E-state index in [0.717, 1.165) is 33.4 Å². The van der Waals surface area contributed by atoms with E-state index in [-0.39, 0.29) is 11.3 Å². The summed E-state index contributed by atoms with van der Waals surface area (Å²) in [5.41, 5.74) is 7.29. The molecule has 0 aromatic heterocycles. The number of aromatic carboxylic acids is 1. The molecule has 0 radical (unpaired) electrons. The Morgan fingerprint density at radius 1 is 0.889 bits per heavy atom. The molecule has 0 saturated carbocycles. The van der Waals surface area contributed by atoms with E-state index in [1.165, 1.54) is 0 Å². The number of carbonyl (C=O) groups excluding carboxylic acids is 1. The van der Waals surface area contributed by atoms with E-state index in [1.807, 2.05) is 56.3 Å². The van der Waals surface area contributed by atoms with Crippen LogP contribution in [0.4, 0.5) is 0 Å². The summed E-state index contributed by atoms with van der Waals surface area (Å²) in [6, 6.07) is 17.4. The summed E-state index contributed by atoms with van der Waals surface area (Å²) in [4.78, 5) is 24.9. The van der Waals surface area contributed by atoms with Gasteiger partial charge in [-0.3, -0.25) is 4.79 Å². The molecule has 3 heteroatoms. The first-order valence-electron chi connectivity index (χ1n) is 9.01. The maximum absolute atomic E-state index is 13.0. The maximum atomic E-state index is 13.0. The molecule has 1 aliphatic rings. The third-order valence-corrected chi connectivity index (χ3v) is 5.21. The van der Waals surface area contributed by atoms with Crippen molar-refractivity contribution in [3.05, 3.63) is 105 Å². The Morgan fingerprint density at radius 2 is 1.56 bits per heavy atom. The predicted octanol–water partition coefficient (Wildman–Crippen LogP) is 4.73. The minimum atomic E-state index is -0.956. The predicted molar refractivity (Wildman–Crippen MR) is 105 cm³/mol. The van der Waals surface area contributed by atoms with E-state index in [4.69, 9.17) is 0 Å². The van der Waals surface area contributed by atoms with Crippen LogP contribution in [0.2, 0.25) is 0 Å². The molecule has 0 fully saturated rings. The lowest BCUT2D eigenvalue weighted by Gasteiger charge is -2.21. The fraction of sp³-hybridized carbons (Fsp3) is 0.167. The lowest BCUT2D eigenvalue weighted by atomic mass is 9.81.